The number of ether oxygens (including phenoxy) is 1. The number of alkyl halides is 3. The third-order valence-electron chi connectivity index (χ3n) is 7.01. The van der Waals surface area contributed by atoms with Gasteiger partial charge in [-0.2, -0.15) is 13.2 Å². The SMILES string of the molecule is O=C(Cn1c2c(sc1=O)[C@H](c1ccco1)C1C(=O)N(c3ccccc3C(F)(F)F)C(=O)C1S2)N1CCOCC1. The number of halogens is 3. The average Bonchev–Trinajstić information content (AvgIpc) is 3.61. The first-order chi connectivity index (χ1) is 18.7. The van der Waals surface area contributed by atoms with Gasteiger partial charge in [0.05, 0.1) is 52.5 Å². The molecule has 14 heteroatoms. The van der Waals surface area contributed by atoms with Crippen molar-refractivity contribution >= 4 is 46.5 Å². The third kappa shape index (κ3) is 4.30. The Labute approximate surface area is 227 Å². The van der Waals surface area contributed by atoms with E-state index in [9.17, 15) is 32.3 Å². The Hall–Kier alpha value is -3.36. The first kappa shape index (κ1) is 25.9. The zero-order valence-electron chi connectivity index (χ0n) is 20.1. The number of carbonyl (C=O) groups is 3. The van der Waals surface area contributed by atoms with Crippen molar-refractivity contribution in [2.75, 3.05) is 31.2 Å². The Bertz CT molecular complexity index is 1510. The van der Waals surface area contributed by atoms with Crippen LogP contribution >= 0.6 is 23.1 Å². The zero-order valence-corrected chi connectivity index (χ0v) is 21.7. The number of benzene rings is 1. The molecule has 0 saturated carbocycles. The Kier molecular flexibility index (Phi) is 6.43. The van der Waals surface area contributed by atoms with Crippen LogP contribution < -0.4 is 9.77 Å². The Morgan fingerprint density at radius 2 is 1.77 bits per heavy atom. The van der Waals surface area contributed by atoms with E-state index in [0.29, 0.717) is 46.9 Å². The number of fused-ring (bicyclic) bond motifs is 2. The molecule has 0 spiro atoms. The maximum atomic E-state index is 13.8. The lowest BCUT2D eigenvalue weighted by molar-refractivity contribution is -0.137. The monoisotopic (exact) mass is 579 g/mol. The van der Waals surface area contributed by atoms with Crippen LogP contribution in [0.25, 0.3) is 0 Å². The fourth-order valence-electron chi connectivity index (χ4n) is 5.22. The Morgan fingerprint density at radius 3 is 2.46 bits per heavy atom. The number of carbonyl (C=O) groups excluding carboxylic acids is 3. The van der Waals surface area contributed by atoms with Crippen LogP contribution in [0.2, 0.25) is 0 Å². The van der Waals surface area contributed by atoms with Gasteiger partial charge in [-0.15, -0.1) is 0 Å². The van der Waals surface area contributed by atoms with Gasteiger partial charge in [-0.3, -0.25) is 23.7 Å². The molecular formula is C25H20F3N3O6S2. The van der Waals surface area contributed by atoms with Gasteiger partial charge in [0, 0.05) is 13.1 Å². The van der Waals surface area contributed by atoms with Crippen LogP contribution in [-0.4, -0.2) is 58.7 Å². The molecule has 0 radical (unpaired) electrons. The van der Waals surface area contributed by atoms with Crippen molar-refractivity contribution in [1.29, 1.82) is 0 Å². The molecule has 2 unspecified atom stereocenters. The second-order valence-electron chi connectivity index (χ2n) is 9.20. The zero-order chi connectivity index (χ0) is 27.5. The molecule has 9 nitrogen and oxygen atoms in total. The van der Waals surface area contributed by atoms with Crippen molar-refractivity contribution in [3.8, 4) is 0 Å². The largest absolute Gasteiger partial charge is 0.469 e. The van der Waals surface area contributed by atoms with E-state index in [-0.39, 0.29) is 12.5 Å². The quantitative estimate of drug-likeness (QED) is 0.438. The number of amides is 3. The number of rotatable bonds is 4. The lowest BCUT2D eigenvalue weighted by Crippen LogP contribution is -2.43. The minimum atomic E-state index is -4.79. The van der Waals surface area contributed by atoms with Gasteiger partial charge in [-0.25, -0.2) is 4.90 Å². The van der Waals surface area contributed by atoms with E-state index in [1.54, 1.807) is 17.0 Å². The lowest BCUT2D eigenvalue weighted by atomic mass is 9.86. The smallest absolute Gasteiger partial charge is 0.418 e. The summed E-state index contributed by atoms with van der Waals surface area (Å²) in [5.74, 6) is -3.63. The van der Waals surface area contributed by atoms with Crippen LogP contribution in [0.15, 0.2) is 56.9 Å². The number of furan rings is 1. The van der Waals surface area contributed by atoms with E-state index >= 15 is 0 Å². The summed E-state index contributed by atoms with van der Waals surface area (Å²) in [5.41, 5.74) is -1.65. The predicted molar refractivity (Wildman–Crippen MR) is 134 cm³/mol. The second kappa shape index (κ2) is 9.68. The minimum Gasteiger partial charge on any atom is -0.469 e. The van der Waals surface area contributed by atoms with Crippen LogP contribution in [0.4, 0.5) is 18.9 Å². The molecule has 3 aliphatic heterocycles. The van der Waals surface area contributed by atoms with Crippen LogP contribution in [0.1, 0.15) is 22.1 Å². The van der Waals surface area contributed by atoms with Crippen molar-refractivity contribution in [3.05, 3.63) is 68.5 Å². The van der Waals surface area contributed by atoms with E-state index in [1.165, 1.54) is 23.0 Å². The molecular weight excluding hydrogens is 559 g/mol. The number of aromatic nitrogens is 1. The molecule has 1 aromatic carbocycles. The number of nitrogens with zero attached hydrogens (tertiary/aromatic N) is 3. The summed E-state index contributed by atoms with van der Waals surface area (Å²) in [6.07, 6.45) is -3.41. The molecule has 0 bridgehead atoms. The Balaban J connectivity index is 1.43. The molecule has 204 valence electrons. The molecule has 3 amide bonds. The molecule has 0 aliphatic carbocycles. The van der Waals surface area contributed by atoms with Gasteiger partial charge in [0.15, 0.2) is 0 Å². The summed E-state index contributed by atoms with van der Waals surface area (Å²) in [5, 5.41) is -0.790. The first-order valence-corrected chi connectivity index (χ1v) is 13.7. The molecule has 2 aromatic heterocycles. The molecule has 3 aromatic rings. The van der Waals surface area contributed by atoms with Gasteiger partial charge < -0.3 is 14.1 Å². The number of anilines is 1. The molecule has 5 heterocycles. The number of imide groups is 1. The second-order valence-corrected chi connectivity index (χ2v) is 11.3. The van der Waals surface area contributed by atoms with Crippen molar-refractivity contribution in [2.24, 2.45) is 5.92 Å². The van der Waals surface area contributed by atoms with Gasteiger partial charge in [0.2, 0.25) is 17.7 Å². The number of thiazole rings is 1. The standard InChI is InChI=1S/C25H20F3N3O6S2/c26-25(27,28)13-4-1-2-5-14(13)31-21(33)18-17(15-6-3-9-37-15)20-23(38-19(18)22(31)34)30(24(35)39-20)12-16(32)29-7-10-36-11-8-29/h1-6,9,17-19H,7-8,10-12H2/t17-,18?,19?/m1/s1. The van der Waals surface area contributed by atoms with Gasteiger partial charge in [-0.05, 0) is 24.3 Å². The van der Waals surface area contributed by atoms with Gasteiger partial charge in [0.25, 0.3) is 0 Å². The van der Waals surface area contributed by atoms with Gasteiger partial charge in [-0.1, -0.05) is 35.2 Å². The highest BCUT2D eigenvalue weighted by Gasteiger charge is 2.58. The highest BCUT2D eigenvalue weighted by molar-refractivity contribution is 8.00. The van der Waals surface area contributed by atoms with Crippen LogP contribution in [0.5, 0.6) is 0 Å². The van der Waals surface area contributed by atoms with E-state index < -0.39 is 51.2 Å². The van der Waals surface area contributed by atoms with Gasteiger partial charge >= 0.3 is 11.0 Å². The topological polar surface area (TPSA) is 102 Å². The molecule has 0 N–H and O–H groups in total. The molecule has 39 heavy (non-hydrogen) atoms. The fourth-order valence-corrected chi connectivity index (χ4v) is 7.98. The third-order valence-corrected chi connectivity index (χ3v) is 9.61. The number of thioether (sulfide) groups is 1. The van der Waals surface area contributed by atoms with Crippen molar-refractivity contribution < 1.29 is 36.7 Å². The lowest BCUT2D eigenvalue weighted by Gasteiger charge is -2.30. The molecule has 3 aliphatic rings. The van der Waals surface area contributed by atoms with E-state index in [2.05, 4.69) is 0 Å². The molecule has 2 saturated heterocycles. The summed E-state index contributed by atoms with van der Waals surface area (Å²) < 4.78 is 53.6. The molecule has 3 atom stereocenters. The summed E-state index contributed by atoms with van der Waals surface area (Å²) in [6, 6.07) is 7.61. The van der Waals surface area contributed by atoms with Gasteiger partial charge in [0.1, 0.15) is 17.6 Å². The first-order valence-electron chi connectivity index (χ1n) is 12.0. The van der Waals surface area contributed by atoms with E-state index in [0.717, 1.165) is 35.2 Å². The van der Waals surface area contributed by atoms with Crippen molar-refractivity contribution in [1.82, 2.24) is 9.47 Å². The predicted octanol–water partition coefficient (Wildman–Crippen LogP) is 3.18. The number of morpholine rings is 1. The highest BCUT2D eigenvalue weighted by Crippen LogP contribution is 2.54. The minimum absolute atomic E-state index is 0.275. The number of hydrogen-bond donors (Lipinski definition) is 0. The Morgan fingerprint density at radius 1 is 1.03 bits per heavy atom. The van der Waals surface area contributed by atoms with E-state index in [4.69, 9.17) is 9.15 Å². The highest BCUT2D eigenvalue weighted by atomic mass is 32.2. The fraction of sp³-hybridized carbons (Fsp3) is 0.360. The number of para-hydroxylation sites is 1. The normalized spacial score (nSPS) is 23.2. The molecule has 6 rings (SSSR count). The van der Waals surface area contributed by atoms with E-state index in [1.807, 2.05) is 0 Å². The summed E-state index contributed by atoms with van der Waals surface area (Å²) in [7, 11) is 0. The summed E-state index contributed by atoms with van der Waals surface area (Å²) in [4.78, 5) is 55.7. The van der Waals surface area contributed by atoms with Crippen LogP contribution in [-0.2, 0) is 31.8 Å². The van der Waals surface area contributed by atoms with Crippen LogP contribution in [0, 0.1) is 5.92 Å². The number of hydrogen-bond acceptors (Lipinski definition) is 8. The average molecular weight is 580 g/mol. The van der Waals surface area contributed by atoms with Crippen LogP contribution in [0.3, 0.4) is 0 Å². The summed E-state index contributed by atoms with van der Waals surface area (Å²) in [6.45, 7) is 1.25. The summed E-state index contributed by atoms with van der Waals surface area (Å²) >= 11 is 1.77. The maximum Gasteiger partial charge on any atom is 0.418 e. The van der Waals surface area contributed by atoms with Crippen molar-refractivity contribution in [2.45, 2.75) is 28.9 Å². The molecule has 2 fully saturated rings. The van der Waals surface area contributed by atoms with Crippen molar-refractivity contribution in [3.63, 3.8) is 0 Å². The maximum absolute atomic E-state index is 13.8.